The van der Waals surface area contributed by atoms with Gasteiger partial charge in [-0.2, -0.15) is 0 Å². The van der Waals surface area contributed by atoms with Crippen LogP contribution < -0.4 is 16.6 Å². The lowest BCUT2D eigenvalue weighted by Crippen LogP contribution is -2.17. The average Bonchev–Trinajstić information content (AvgIpc) is 2.41. The fourth-order valence-electron chi connectivity index (χ4n) is 1.75. The van der Waals surface area contributed by atoms with Crippen molar-refractivity contribution in [2.45, 2.75) is 6.92 Å². The molecule has 0 radical (unpaired) electrons. The van der Waals surface area contributed by atoms with Gasteiger partial charge >= 0.3 is 0 Å². The molecule has 0 unspecified atom stereocenters. The van der Waals surface area contributed by atoms with Gasteiger partial charge in [0.1, 0.15) is 5.82 Å². The maximum Gasteiger partial charge on any atom is 0.257 e. The van der Waals surface area contributed by atoms with Crippen molar-refractivity contribution in [1.29, 1.82) is 0 Å². The molecular formula is C14H13BrFN3O. The number of hydrogen-bond donors (Lipinski definition) is 3. The fourth-order valence-corrected chi connectivity index (χ4v) is 2.20. The van der Waals surface area contributed by atoms with Crippen LogP contribution in [0.3, 0.4) is 0 Å². The number of amides is 1. The van der Waals surface area contributed by atoms with Gasteiger partial charge in [0, 0.05) is 4.47 Å². The minimum Gasteiger partial charge on any atom is -0.323 e. The molecule has 0 saturated heterocycles. The zero-order valence-electron chi connectivity index (χ0n) is 10.7. The Balaban J connectivity index is 2.30. The van der Waals surface area contributed by atoms with Gasteiger partial charge < -0.3 is 10.7 Å². The van der Waals surface area contributed by atoms with Gasteiger partial charge in [-0.15, -0.1) is 0 Å². The normalized spacial score (nSPS) is 10.2. The monoisotopic (exact) mass is 337 g/mol. The van der Waals surface area contributed by atoms with Crippen molar-refractivity contribution in [1.82, 2.24) is 0 Å². The van der Waals surface area contributed by atoms with Crippen LogP contribution in [0.2, 0.25) is 0 Å². The summed E-state index contributed by atoms with van der Waals surface area (Å²) in [5.41, 5.74) is 4.84. The second-order valence-corrected chi connectivity index (χ2v) is 5.13. The Bertz CT molecular complexity index is 661. The van der Waals surface area contributed by atoms with Crippen molar-refractivity contribution in [2.24, 2.45) is 5.84 Å². The first kappa shape index (κ1) is 14.5. The van der Waals surface area contributed by atoms with E-state index >= 15 is 0 Å². The highest BCUT2D eigenvalue weighted by Gasteiger charge is 2.13. The number of hydrazine groups is 1. The van der Waals surface area contributed by atoms with Gasteiger partial charge in [-0.1, -0.05) is 11.6 Å². The van der Waals surface area contributed by atoms with Crippen LogP contribution in [0.25, 0.3) is 0 Å². The molecule has 2 rings (SSSR count). The second kappa shape index (κ2) is 6.02. The number of nitrogen functional groups attached to an aromatic ring is 1. The number of halogens is 2. The van der Waals surface area contributed by atoms with E-state index in [9.17, 15) is 9.18 Å². The Hall–Kier alpha value is -1.92. The van der Waals surface area contributed by atoms with Gasteiger partial charge in [-0.25, -0.2) is 4.39 Å². The number of anilines is 2. The zero-order valence-corrected chi connectivity index (χ0v) is 12.3. The molecule has 0 aliphatic carbocycles. The molecule has 4 N–H and O–H groups in total. The largest absolute Gasteiger partial charge is 0.323 e. The zero-order chi connectivity index (χ0) is 14.7. The Kier molecular flexibility index (Phi) is 4.36. The maximum absolute atomic E-state index is 13.0. The molecule has 6 heteroatoms. The van der Waals surface area contributed by atoms with Crippen LogP contribution in [-0.2, 0) is 0 Å². The molecule has 0 aromatic heterocycles. The molecule has 4 nitrogen and oxygen atoms in total. The topological polar surface area (TPSA) is 67.1 Å². The lowest BCUT2D eigenvalue weighted by Gasteiger charge is -2.11. The third-order valence-corrected chi connectivity index (χ3v) is 3.41. The molecule has 2 aromatic carbocycles. The molecule has 1 amide bonds. The quantitative estimate of drug-likeness (QED) is 0.593. The van der Waals surface area contributed by atoms with Crippen LogP contribution in [0.15, 0.2) is 40.9 Å². The van der Waals surface area contributed by atoms with Gasteiger partial charge in [0.25, 0.3) is 5.91 Å². The highest BCUT2D eigenvalue weighted by Crippen LogP contribution is 2.25. The summed E-state index contributed by atoms with van der Waals surface area (Å²) in [7, 11) is 0. The number of nitrogens with two attached hydrogens (primary N) is 1. The number of nitrogens with one attached hydrogen (secondary N) is 2. The van der Waals surface area contributed by atoms with Gasteiger partial charge in [-0.05, 0) is 53.2 Å². The van der Waals surface area contributed by atoms with E-state index in [4.69, 9.17) is 5.84 Å². The summed E-state index contributed by atoms with van der Waals surface area (Å²) in [5.74, 6) is 4.69. The minimum absolute atomic E-state index is 0.325. The lowest BCUT2D eigenvalue weighted by atomic mass is 10.1. The third kappa shape index (κ3) is 3.15. The number of aryl methyl sites for hydroxylation is 1. The summed E-state index contributed by atoms with van der Waals surface area (Å²) in [6.45, 7) is 1.88. The van der Waals surface area contributed by atoms with Crippen molar-refractivity contribution >= 4 is 33.2 Å². The summed E-state index contributed by atoms with van der Waals surface area (Å²) < 4.78 is 13.5. The summed E-state index contributed by atoms with van der Waals surface area (Å²) in [4.78, 5) is 12.3. The smallest absolute Gasteiger partial charge is 0.257 e. The van der Waals surface area contributed by atoms with E-state index in [1.165, 1.54) is 18.2 Å². The molecule has 104 valence electrons. The Morgan fingerprint density at radius 3 is 2.55 bits per heavy atom. The van der Waals surface area contributed by atoms with Crippen LogP contribution in [0.4, 0.5) is 15.8 Å². The van der Waals surface area contributed by atoms with Gasteiger partial charge in [0.05, 0.1) is 16.9 Å². The van der Waals surface area contributed by atoms with Gasteiger partial charge in [-0.3, -0.25) is 10.6 Å². The Morgan fingerprint density at radius 2 is 1.90 bits per heavy atom. The first-order valence-electron chi connectivity index (χ1n) is 5.85. The van der Waals surface area contributed by atoms with Crippen LogP contribution >= 0.6 is 15.9 Å². The maximum atomic E-state index is 13.0. The van der Waals surface area contributed by atoms with Gasteiger partial charge in [0.15, 0.2) is 0 Å². The molecular weight excluding hydrogens is 325 g/mol. The van der Waals surface area contributed by atoms with Crippen molar-refractivity contribution in [3.8, 4) is 0 Å². The van der Waals surface area contributed by atoms with Crippen LogP contribution in [0, 0.1) is 12.7 Å². The summed E-state index contributed by atoms with van der Waals surface area (Å²) in [5, 5.41) is 2.71. The van der Waals surface area contributed by atoms with E-state index in [0.29, 0.717) is 21.4 Å². The molecule has 20 heavy (non-hydrogen) atoms. The third-order valence-electron chi connectivity index (χ3n) is 2.75. The van der Waals surface area contributed by atoms with Gasteiger partial charge in [0.2, 0.25) is 0 Å². The van der Waals surface area contributed by atoms with Crippen LogP contribution in [-0.4, -0.2) is 5.91 Å². The number of rotatable bonds is 3. The summed E-state index contributed by atoms with van der Waals surface area (Å²) in [6, 6.07) is 9.35. The predicted octanol–water partition coefficient (Wildman–Crippen LogP) is 3.43. The number of benzene rings is 2. The Morgan fingerprint density at radius 1 is 1.20 bits per heavy atom. The molecule has 0 bridgehead atoms. The first-order chi connectivity index (χ1) is 9.51. The standard InChI is InChI=1S/C14H13BrFN3O/c1-8-2-4-12(19-17)10(6-8)14(20)18-13-5-3-9(16)7-11(13)15/h2-7,19H,17H2,1H3,(H,18,20). The number of carbonyl (C=O) groups excluding carboxylic acids is 1. The van der Waals surface area contributed by atoms with E-state index in [0.717, 1.165) is 5.56 Å². The van der Waals surface area contributed by atoms with Crippen molar-refractivity contribution in [3.63, 3.8) is 0 Å². The van der Waals surface area contributed by atoms with E-state index < -0.39 is 0 Å². The summed E-state index contributed by atoms with van der Waals surface area (Å²) >= 11 is 3.20. The van der Waals surface area contributed by atoms with Crippen LogP contribution in [0.1, 0.15) is 15.9 Å². The lowest BCUT2D eigenvalue weighted by molar-refractivity contribution is 0.102. The molecule has 0 atom stereocenters. The first-order valence-corrected chi connectivity index (χ1v) is 6.64. The van der Waals surface area contributed by atoms with E-state index in [1.807, 2.05) is 13.0 Å². The molecule has 0 aliphatic heterocycles. The second-order valence-electron chi connectivity index (χ2n) is 4.27. The molecule has 0 heterocycles. The van der Waals surface area contributed by atoms with Crippen molar-refractivity contribution in [3.05, 3.63) is 57.8 Å². The van der Waals surface area contributed by atoms with E-state index in [1.54, 1.807) is 12.1 Å². The molecule has 0 aliphatic rings. The summed E-state index contributed by atoms with van der Waals surface area (Å²) in [6.07, 6.45) is 0. The molecule has 0 saturated carbocycles. The highest BCUT2D eigenvalue weighted by molar-refractivity contribution is 9.10. The fraction of sp³-hybridized carbons (Fsp3) is 0.0714. The Labute approximate surface area is 124 Å². The SMILES string of the molecule is Cc1ccc(NN)c(C(=O)Nc2ccc(F)cc2Br)c1. The number of carbonyl (C=O) groups is 1. The van der Waals surface area contributed by atoms with Crippen molar-refractivity contribution < 1.29 is 9.18 Å². The predicted molar refractivity (Wildman–Crippen MR) is 81.0 cm³/mol. The highest BCUT2D eigenvalue weighted by atomic mass is 79.9. The molecule has 0 fully saturated rings. The average molecular weight is 338 g/mol. The minimum atomic E-state index is -0.380. The number of hydrogen-bond acceptors (Lipinski definition) is 3. The van der Waals surface area contributed by atoms with Crippen LogP contribution in [0.5, 0.6) is 0 Å². The van der Waals surface area contributed by atoms with E-state index in [2.05, 4.69) is 26.7 Å². The molecule has 2 aromatic rings. The molecule has 0 spiro atoms. The van der Waals surface area contributed by atoms with Crippen molar-refractivity contribution in [2.75, 3.05) is 10.7 Å². The van der Waals surface area contributed by atoms with E-state index in [-0.39, 0.29) is 11.7 Å².